The van der Waals surface area contributed by atoms with Crippen LogP contribution in [0.15, 0.2) is 53.7 Å². The Balaban J connectivity index is 1.76. The zero-order valence-corrected chi connectivity index (χ0v) is 13.7. The van der Waals surface area contributed by atoms with Crippen molar-refractivity contribution >= 4 is 12.1 Å². The van der Waals surface area contributed by atoms with Gasteiger partial charge in [0.1, 0.15) is 0 Å². The lowest BCUT2D eigenvalue weighted by molar-refractivity contribution is -0.125. The third-order valence-electron chi connectivity index (χ3n) is 3.21. The Hall–Kier alpha value is -3.02. The molecule has 1 N–H and O–H groups in total. The number of nitrogens with zero attached hydrogens (tertiary/aromatic N) is 1. The fraction of sp³-hybridized carbons (Fsp3) is 0.222. The highest BCUT2D eigenvalue weighted by Gasteiger charge is 2.04. The molecule has 0 aliphatic carbocycles. The number of oxime groups is 1. The Morgan fingerprint density at radius 1 is 1.08 bits per heavy atom. The minimum Gasteiger partial charge on any atom is -0.493 e. The Labute approximate surface area is 141 Å². The fourth-order valence-corrected chi connectivity index (χ4v) is 1.97. The summed E-state index contributed by atoms with van der Waals surface area (Å²) in [5, 5.41) is 6.54. The molecule has 0 fully saturated rings. The molecule has 0 aromatic heterocycles. The van der Waals surface area contributed by atoms with Crippen LogP contribution >= 0.6 is 0 Å². The lowest BCUT2D eigenvalue weighted by Gasteiger charge is -2.07. The number of carbonyl (C=O) groups is 1. The predicted molar refractivity (Wildman–Crippen MR) is 91.4 cm³/mol. The van der Waals surface area contributed by atoms with Crippen LogP contribution in [0.3, 0.4) is 0 Å². The maximum absolute atomic E-state index is 11.7. The summed E-state index contributed by atoms with van der Waals surface area (Å²) in [4.78, 5) is 16.7. The van der Waals surface area contributed by atoms with Gasteiger partial charge in [0.15, 0.2) is 18.1 Å². The maximum atomic E-state index is 11.7. The first-order chi connectivity index (χ1) is 11.7. The van der Waals surface area contributed by atoms with E-state index in [1.165, 1.54) is 6.21 Å². The van der Waals surface area contributed by atoms with Crippen LogP contribution in [0, 0.1) is 0 Å². The topological polar surface area (TPSA) is 69.2 Å². The molecule has 0 spiro atoms. The van der Waals surface area contributed by atoms with Crippen molar-refractivity contribution in [3.63, 3.8) is 0 Å². The highest BCUT2D eigenvalue weighted by molar-refractivity contribution is 5.81. The number of hydrogen-bond acceptors (Lipinski definition) is 5. The lowest BCUT2D eigenvalue weighted by atomic mass is 10.2. The van der Waals surface area contributed by atoms with Gasteiger partial charge in [0.2, 0.25) is 0 Å². The second-order valence-electron chi connectivity index (χ2n) is 4.88. The smallest absolute Gasteiger partial charge is 0.261 e. The van der Waals surface area contributed by atoms with Crippen molar-refractivity contribution in [2.75, 3.05) is 20.8 Å². The number of amides is 1. The number of benzene rings is 2. The summed E-state index contributed by atoms with van der Waals surface area (Å²) < 4.78 is 10.4. The van der Waals surface area contributed by atoms with Gasteiger partial charge in [0, 0.05) is 12.1 Å². The molecule has 0 saturated heterocycles. The lowest BCUT2D eigenvalue weighted by Crippen LogP contribution is -2.26. The highest BCUT2D eigenvalue weighted by atomic mass is 16.6. The van der Waals surface area contributed by atoms with Gasteiger partial charge in [-0.2, -0.15) is 0 Å². The number of rotatable bonds is 8. The minimum atomic E-state index is -0.233. The van der Waals surface area contributed by atoms with Crippen molar-refractivity contribution in [1.82, 2.24) is 5.32 Å². The Morgan fingerprint density at radius 3 is 2.54 bits per heavy atom. The molecular weight excluding hydrogens is 308 g/mol. The molecule has 0 atom stereocenters. The zero-order valence-electron chi connectivity index (χ0n) is 13.7. The molecule has 0 bridgehead atoms. The van der Waals surface area contributed by atoms with Gasteiger partial charge in [0.25, 0.3) is 5.91 Å². The van der Waals surface area contributed by atoms with Crippen LogP contribution < -0.4 is 14.8 Å². The Morgan fingerprint density at radius 2 is 1.83 bits per heavy atom. The van der Waals surface area contributed by atoms with Gasteiger partial charge in [-0.3, -0.25) is 4.79 Å². The van der Waals surface area contributed by atoms with Crippen LogP contribution in [-0.4, -0.2) is 32.9 Å². The quantitative estimate of drug-likeness (QED) is 0.597. The summed E-state index contributed by atoms with van der Waals surface area (Å²) in [5.41, 5.74) is 1.80. The number of hydrogen-bond donors (Lipinski definition) is 1. The van der Waals surface area contributed by atoms with Crippen LogP contribution in [0.4, 0.5) is 0 Å². The van der Waals surface area contributed by atoms with Crippen LogP contribution in [-0.2, 0) is 16.2 Å². The standard InChI is InChI=1S/C18H20N2O4/c1-22-16-9-8-15(10-17(16)23-2)12-20-24-13-18(21)19-11-14-6-4-3-5-7-14/h3-10,12H,11,13H2,1-2H3,(H,19,21)/b20-12-. The third-order valence-corrected chi connectivity index (χ3v) is 3.21. The molecule has 0 heterocycles. The van der Waals surface area contributed by atoms with Crippen molar-refractivity contribution in [3.8, 4) is 11.5 Å². The largest absolute Gasteiger partial charge is 0.493 e. The molecule has 2 aromatic rings. The number of carbonyl (C=O) groups excluding carboxylic acids is 1. The van der Waals surface area contributed by atoms with Crippen molar-refractivity contribution < 1.29 is 19.1 Å². The molecule has 0 saturated carbocycles. The second kappa shape index (κ2) is 9.19. The molecule has 0 aliphatic rings. The average Bonchev–Trinajstić information content (AvgIpc) is 2.64. The first-order valence-electron chi connectivity index (χ1n) is 7.41. The SMILES string of the molecule is COc1ccc(/C=N\OCC(=O)NCc2ccccc2)cc1OC. The van der Waals surface area contributed by atoms with E-state index in [1.807, 2.05) is 36.4 Å². The van der Waals surface area contributed by atoms with E-state index in [1.54, 1.807) is 26.4 Å². The second-order valence-corrected chi connectivity index (χ2v) is 4.88. The molecule has 2 aromatic carbocycles. The van der Waals surface area contributed by atoms with E-state index >= 15 is 0 Å². The fourth-order valence-electron chi connectivity index (χ4n) is 1.97. The van der Waals surface area contributed by atoms with Crippen LogP contribution in [0.1, 0.15) is 11.1 Å². The minimum absolute atomic E-state index is 0.142. The maximum Gasteiger partial charge on any atom is 0.261 e. The summed E-state index contributed by atoms with van der Waals surface area (Å²) in [7, 11) is 3.13. The first-order valence-corrected chi connectivity index (χ1v) is 7.41. The molecule has 1 amide bonds. The monoisotopic (exact) mass is 328 g/mol. The van der Waals surface area contributed by atoms with Crippen LogP contribution in [0.5, 0.6) is 11.5 Å². The van der Waals surface area contributed by atoms with Gasteiger partial charge >= 0.3 is 0 Å². The van der Waals surface area contributed by atoms with E-state index in [0.717, 1.165) is 11.1 Å². The van der Waals surface area contributed by atoms with Crippen molar-refractivity contribution in [1.29, 1.82) is 0 Å². The molecule has 126 valence electrons. The van der Waals surface area contributed by atoms with Gasteiger partial charge < -0.3 is 19.6 Å². The molecule has 24 heavy (non-hydrogen) atoms. The summed E-state index contributed by atoms with van der Waals surface area (Å²) >= 11 is 0. The summed E-state index contributed by atoms with van der Waals surface area (Å²) in [5.74, 6) is 1.00. The van der Waals surface area contributed by atoms with E-state index in [0.29, 0.717) is 18.0 Å². The van der Waals surface area contributed by atoms with Crippen LogP contribution in [0.2, 0.25) is 0 Å². The van der Waals surface area contributed by atoms with E-state index in [9.17, 15) is 4.79 Å². The number of methoxy groups -OCH3 is 2. The Kier molecular flexibility index (Phi) is 6.64. The van der Waals surface area contributed by atoms with E-state index in [-0.39, 0.29) is 12.5 Å². The van der Waals surface area contributed by atoms with Gasteiger partial charge in [-0.05, 0) is 23.8 Å². The molecular formula is C18H20N2O4. The van der Waals surface area contributed by atoms with Gasteiger partial charge in [-0.15, -0.1) is 0 Å². The Bertz CT molecular complexity index is 687. The first kappa shape index (κ1) is 17.3. The van der Waals surface area contributed by atoms with Crippen LogP contribution in [0.25, 0.3) is 0 Å². The third kappa shape index (κ3) is 5.31. The van der Waals surface area contributed by atoms with Crippen molar-refractivity contribution in [2.24, 2.45) is 5.16 Å². The normalized spacial score (nSPS) is 10.4. The van der Waals surface area contributed by atoms with E-state index < -0.39 is 0 Å². The summed E-state index contributed by atoms with van der Waals surface area (Å²) in [6.45, 7) is 0.319. The van der Waals surface area contributed by atoms with E-state index in [2.05, 4.69) is 10.5 Å². The molecule has 0 aliphatic heterocycles. The molecule has 6 heteroatoms. The molecule has 0 radical (unpaired) electrons. The average molecular weight is 328 g/mol. The van der Waals surface area contributed by atoms with Crippen molar-refractivity contribution in [3.05, 3.63) is 59.7 Å². The summed E-state index contributed by atoms with van der Waals surface area (Å²) in [6.07, 6.45) is 1.51. The molecule has 6 nitrogen and oxygen atoms in total. The van der Waals surface area contributed by atoms with Gasteiger partial charge in [0.05, 0.1) is 20.4 Å². The predicted octanol–water partition coefficient (Wildman–Crippen LogP) is 2.37. The van der Waals surface area contributed by atoms with E-state index in [4.69, 9.17) is 14.3 Å². The molecule has 2 rings (SSSR count). The number of ether oxygens (including phenoxy) is 2. The van der Waals surface area contributed by atoms with Gasteiger partial charge in [-0.25, -0.2) is 0 Å². The summed E-state index contributed by atoms with van der Waals surface area (Å²) in [6, 6.07) is 15.0. The van der Waals surface area contributed by atoms with Gasteiger partial charge in [-0.1, -0.05) is 35.5 Å². The zero-order chi connectivity index (χ0) is 17.2. The number of nitrogens with one attached hydrogen (secondary N) is 1. The van der Waals surface area contributed by atoms with Crippen molar-refractivity contribution in [2.45, 2.75) is 6.54 Å². The molecule has 0 unspecified atom stereocenters. The highest BCUT2D eigenvalue weighted by Crippen LogP contribution is 2.26.